The number of halogens is 4. The molecule has 4 nitrogen and oxygen atoms in total. The number of para-hydroxylation sites is 2. The molecular weight excluding hydrogens is 326 g/mol. The fourth-order valence-corrected chi connectivity index (χ4v) is 2.50. The van der Waals surface area contributed by atoms with E-state index in [4.69, 9.17) is 0 Å². The van der Waals surface area contributed by atoms with E-state index >= 15 is 0 Å². The van der Waals surface area contributed by atoms with Crippen molar-refractivity contribution in [2.45, 2.75) is 6.18 Å². The molecule has 0 fully saturated rings. The van der Waals surface area contributed by atoms with Gasteiger partial charge in [-0.15, -0.1) is 0 Å². The van der Waals surface area contributed by atoms with Crippen LogP contribution >= 0.6 is 0 Å². The first-order chi connectivity index (χ1) is 11.4. The Hall–Kier alpha value is -2.77. The van der Waals surface area contributed by atoms with Crippen molar-refractivity contribution in [2.24, 2.45) is 0 Å². The van der Waals surface area contributed by atoms with Crippen LogP contribution in [0.1, 0.15) is 5.56 Å². The number of rotatable bonds is 1. The van der Waals surface area contributed by atoms with Gasteiger partial charge < -0.3 is 10.6 Å². The molecule has 0 unspecified atom stereocenters. The second-order valence-corrected chi connectivity index (χ2v) is 5.22. The summed E-state index contributed by atoms with van der Waals surface area (Å²) in [5, 5.41) is 5.51. The minimum atomic E-state index is -4.83. The lowest BCUT2D eigenvalue weighted by atomic mass is 10.1. The van der Waals surface area contributed by atoms with Gasteiger partial charge in [0, 0.05) is 18.8 Å². The van der Waals surface area contributed by atoms with Crippen LogP contribution < -0.4 is 15.5 Å². The van der Waals surface area contributed by atoms with Gasteiger partial charge in [0.25, 0.3) is 0 Å². The van der Waals surface area contributed by atoms with E-state index in [1.54, 1.807) is 18.2 Å². The summed E-state index contributed by atoms with van der Waals surface area (Å²) in [6.45, 7) is 0.873. The maximum absolute atomic E-state index is 13.3. The molecule has 0 aliphatic carbocycles. The van der Waals surface area contributed by atoms with Crippen LogP contribution in [0.15, 0.2) is 42.5 Å². The highest BCUT2D eigenvalue weighted by atomic mass is 19.4. The smallest absolute Gasteiger partial charge is 0.382 e. The molecule has 3 rings (SSSR count). The summed E-state index contributed by atoms with van der Waals surface area (Å²) < 4.78 is 51.5. The molecule has 2 aromatic carbocycles. The molecule has 2 N–H and O–H groups in total. The molecule has 8 heteroatoms. The van der Waals surface area contributed by atoms with Gasteiger partial charge in [-0.3, -0.25) is 4.90 Å². The number of nitrogens with zero attached hydrogens (tertiary/aromatic N) is 1. The standard InChI is InChI=1S/C16H13F4N3O/c17-12-6-5-10(9-11(12)16(18,19)20)22-15(24)23-8-7-21-13-3-1-2-4-14(13)23/h1-6,9,21H,7-8H2,(H,22,24). The minimum absolute atomic E-state index is 0.121. The first-order valence-corrected chi connectivity index (χ1v) is 7.14. The molecule has 0 saturated heterocycles. The summed E-state index contributed by atoms with van der Waals surface area (Å²) >= 11 is 0. The molecular formula is C16H13F4N3O. The van der Waals surface area contributed by atoms with Crippen LogP contribution in [0, 0.1) is 5.82 Å². The zero-order valence-corrected chi connectivity index (χ0v) is 12.3. The topological polar surface area (TPSA) is 44.4 Å². The summed E-state index contributed by atoms with van der Waals surface area (Å²) in [6, 6.07) is 8.88. The number of fused-ring (bicyclic) bond motifs is 1. The largest absolute Gasteiger partial charge is 0.419 e. The van der Waals surface area contributed by atoms with Crippen LogP contribution in [0.2, 0.25) is 0 Å². The minimum Gasteiger partial charge on any atom is -0.382 e. The van der Waals surface area contributed by atoms with Gasteiger partial charge in [-0.2, -0.15) is 13.2 Å². The summed E-state index contributed by atoms with van der Waals surface area (Å²) in [4.78, 5) is 13.8. The molecule has 2 amide bonds. The predicted octanol–water partition coefficient (Wildman–Crippen LogP) is 4.31. The van der Waals surface area contributed by atoms with Gasteiger partial charge in [0.05, 0.1) is 16.9 Å². The Morgan fingerprint density at radius 3 is 2.67 bits per heavy atom. The van der Waals surface area contributed by atoms with E-state index in [0.717, 1.165) is 11.8 Å². The van der Waals surface area contributed by atoms with Gasteiger partial charge >= 0.3 is 12.2 Å². The Bertz CT molecular complexity index is 776. The van der Waals surface area contributed by atoms with E-state index < -0.39 is 23.6 Å². The highest BCUT2D eigenvalue weighted by Crippen LogP contribution is 2.33. The summed E-state index contributed by atoms with van der Waals surface area (Å²) in [5.74, 6) is -1.38. The van der Waals surface area contributed by atoms with E-state index in [1.165, 1.54) is 4.90 Å². The van der Waals surface area contributed by atoms with Crippen LogP contribution in [0.4, 0.5) is 39.4 Å². The molecule has 0 saturated carbocycles. The lowest BCUT2D eigenvalue weighted by Gasteiger charge is -2.30. The highest BCUT2D eigenvalue weighted by molar-refractivity contribution is 6.04. The summed E-state index contributed by atoms with van der Waals surface area (Å²) in [7, 11) is 0. The van der Waals surface area contributed by atoms with Crippen LogP contribution in [0.25, 0.3) is 0 Å². The molecule has 2 aromatic rings. The zero-order valence-electron chi connectivity index (χ0n) is 12.3. The van der Waals surface area contributed by atoms with E-state index in [1.807, 2.05) is 6.07 Å². The number of benzene rings is 2. The zero-order chi connectivity index (χ0) is 17.3. The van der Waals surface area contributed by atoms with Gasteiger partial charge in [-0.1, -0.05) is 12.1 Å². The molecule has 0 aromatic heterocycles. The van der Waals surface area contributed by atoms with Crippen molar-refractivity contribution in [3.05, 3.63) is 53.8 Å². The monoisotopic (exact) mass is 339 g/mol. The van der Waals surface area contributed by atoms with Crippen molar-refractivity contribution in [1.82, 2.24) is 0 Å². The number of nitrogens with one attached hydrogen (secondary N) is 2. The Labute approximate surface area is 135 Å². The third kappa shape index (κ3) is 3.12. The SMILES string of the molecule is O=C(Nc1ccc(F)c(C(F)(F)F)c1)N1CCNc2ccccc21. The van der Waals surface area contributed by atoms with E-state index in [-0.39, 0.29) is 5.69 Å². The summed E-state index contributed by atoms with van der Waals surface area (Å²) in [5.41, 5.74) is -0.154. The average Bonchev–Trinajstić information content (AvgIpc) is 2.55. The van der Waals surface area contributed by atoms with Crippen molar-refractivity contribution in [3.8, 4) is 0 Å². The van der Waals surface area contributed by atoms with Crippen molar-refractivity contribution in [2.75, 3.05) is 28.6 Å². The molecule has 0 radical (unpaired) electrons. The number of hydrogen-bond acceptors (Lipinski definition) is 2. The second-order valence-electron chi connectivity index (χ2n) is 5.22. The predicted molar refractivity (Wildman–Crippen MR) is 82.7 cm³/mol. The van der Waals surface area contributed by atoms with Crippen molar-refractivity contribution < 1.29 is 22.4 Å². The first kappa shape index (κ1) is 16.1. The molecule has 1 aliphatic rings. The third-order valence-corrected chi connectivity index (χ3v) is 3.61. The highest BCUT2D eigenvalue weighted by Gasteiger charge is 2.34. The van der Waals surface area contributed by atoms with Crippen LogP contribution in [0.5, 0.6) is 0 Å². The fraction of sp³-hybridized carbons (Fsp3) is 0.188. The number of alkyl halides is 3. The number of carbonyl (C=O) groups excluding carboxylic acids is 1. The number of hydrogen-bond donors (Lipinski definition) is 2. The van der Waals surface area contributed by atoms with Crippen LogP contribution in [-0.2, 0) is 6.18 Å². The van der Waals surface area contributed by atoms with E-state index in [0.29, 0.717) is 30.9 Å². The number of carbonyl (C=O) groups is 1. The van der Waals surface area contributed by atoms with Gasteiger partial charge in [-0.25, -0.2) is 9.18 Å². The molecule has 0 atom stereocenters. The average molecular weight is 339 g/mol. The lowest BCUT2D eigenvalue weighted by Crippen LogP contribution is -2.41. The van der Waals surface area contributed by atoms with Crippen LogP contribution in [0.3, 0.4) is 0 Å². The van der Waals surface area contributed by atoms with E-state index in [9.17, 15) is 22.4 Å². The second kappa shape index (κ2) is 6.03. The quantitative estimate of drug-likeness (QED) is 0.761. The lowest BCUT2D eigenvalue weighted by molar-refractivity contribution is -0.139. The number of amides is 2. The van der Waals surface area contributed by atoms with Gasteiger partial charge in [0.15, 0.2) is 0 Å². The van der Waals surface area contributed by atoms with Crippen molar-refractivity contribution in [3.63, 3.8) is 0 Å². The Balaban J connectivity index is 1.84. The molecule has 0 bridgehead atoms. The Morgan fingerprint density at radius 2 is 1.92 bits per heavy atom. The van der Waals surface area contributed by atoms with Gasteiger partial charge in [0.1, 0.15) is 5.82 Å². The number of anilines is 3. The Morgan fingerprint density at radius 1 is 1.17 bits per heavy atom. The van der Waals surface area contributed by atoms with Crippen LogP contribution in [-0.4, -0.2) is 19.1 Å². The molecule has 1 heterocycles. The first-order valence-electron chi connectivity index (χ1n) is 7.14. The van der Waals surface area contributed by atoms with Gasteiger partial charge in [0.2, 0.25) is 0 Å². The molecule has 126 valence electrons. The van der Waals surface area contributed by atoms with E-state index in [2.05, 4.69) is 10.6 Å². The van der Waals surface area contributed by atoms with Crippen molar-refractivity contribution >= 4 is 23.1 Å². The molecule has 24 heavy (non-hydrogen) atoms. The third-order valence-electron chi connectivity index (χ3n) is 3.61. The van der Waals surface area contributed by atoms with Gasteiger partial charge in [-0.05, 0) is 30.3 Å². The fourth-order valence-electron chi connectivity index (χ4n) is 2.50. The summed E-state index contributed by atoms with van der Waals surface area (Å²) in [6.07, 6.45) is -4.83. The van der Waals surface area contributed by atoms with Crippen molar-refractivity contribution in [1.29, 1.82) is 0 Å². The maximum atomic E-state index is 13.3. The molecule has 0 spiro atoms. The maximum Gasteiger partial charge on any atom is 0.419 e. The number of urea groups is 1. The normalized spacial score (nSPS) is 13.9. The molecule has 1 aliphatic heterocycles. The Kier molecular flexibility index (Phi) is 4.04.